The van der Waals surface area contributed by atoms with Gasteiger partial charge in [-0.05, 0) is 31.2 Å². The molecule has 17 heavy (non-hydrogen) atoms. The molecule has 0 aliphatic rings. The summed E-state index contributed by atoms with van der Waals surface area (Å²) >= 11 is 0. The summed E-state index contributed by atoms with van der Waals surface area (Å²) in [5.41, 5.74) is 15.8. The Morgan fingerprint density at radius 2 is 1.82 bits per heavy atom. The molecule has 5 N–H and O–H groups in total. The molecule has 3 nitrogen and oxygen atoms in total. The van der Waals surface area contributed by atoms with Gasteiger partial charge in [0.05, 0.1) is 5.71 Å². The van der Waals surface area contributed by atoms with E-state index < -0.39 is 0 Å². The minimum Gasteiger partial charge on any atom is -0.399 e. The summed E-state index contributed by atoms with van der Waals surface area (Å²) in [6.45, 7) is 2.00. The van der Waals surface area contributed by atoms with Crippen LogP contribution in [0.4, 0.5) is 11.4 Å². The number of hydrogen-bond donors (Lipinski definition) is 3. The van der Waals surface area contributed by atoms with Crippen molar-refractivity contribution in [2.75, 3.05) is 11.5 Å². The molecule has 0 fully saturated rings. The highest BCUT2D eigenvalue weighted by Gasteiger charge is 2.08. The van der Waals surface area contributed by atoms with Crippen molar-refractivity contribution in [1.82, 2.24) is 0 Å². The Morgan fingerprint density at radius 1 is 1.06 bits per heavy atom. The van der Waals surface area contributed by atoms with Crippen LogP contribution in [0.15, 0.2) is 42.5 Å². The Morgan fingerprint density at radius 3 is 2.53 bits per heavy atom. The number of anilines is 2. The first kappa shape index (κ1) is 11.2. The fourth-order valence-electron chi connectivity index (χ4n) is 1.75. The van der Waals surface area contributed by atoms with Crippen LogP contribution in [0.1, 0.15) is 16.7 Å². The van der Waals surface area contributed by atoms with Crippen molar-refractivity contribution in [2.24, 2.45) is 0 Å². The smallest absolute Gasteiger partial charge is 0.0706 e. The quantitative estimate of drug-likeness (QED) is 0.542. The lowest BCUT2D eigenvalue weighted by atomic mass is 9.99. The molecule has 0 bridgehead atoms. The van der Waals surface area contributed by atoms with Crippen molar-refractivity contribution < 1.29 is 0 Å². The van der Waals surface area contributed by atoms with Gasteiger partial charge in [-0.25, -0.2) is 0 Å². The Kier molecular flexibility index (Phi) is 2.83. The maximum Gasteiger partial charge on any atom is 0.0706 e. The minimum atomic E-state index is 0.401. The van der Waals surface area contributed by atoms with E-state index in [1.165, 1.54) is 0 Å². The van der Waals surface area contributed by atoms with Gasteiger partial charge in [0, 0.05) is 22.5 Å². The summed E-state index contributed by atoms with van der Waals surface area (Å²) in [7, 11) is 0. The molecule has 0 saturated carbocycles. The molecule has 0 radical (unpaired) electrons. The molecule has 0 aliphatic carbocycles. The molecule has 0 atom stereocenters. The van der Waals surface area contributed by atoms with Gasteiger partial charge >= 0.3 is 0 Å². The molecule has 0 spiro atoms. The zero-order chi connectivity index (χ0) is 12.4. The number of aryl methyl sites for hydroxylation is 1. The van der Waals surface area contributed by atoms with E-state index in [4.69, 9.17) is 16.9 Å². The highest BCUT2D eigenvalue weighted by molar-refractivity contribution is 6.14. The van der Waals surface area contributed by atoms with Crippen LogP contribution >= 0.6 is 0 Å². The fraction of sp³-hybridized carbons (Fsp3) is 0.0714. The molecule has 2 aromatic carbocycles. The first-order chi connectivity index (χ1) is 8.08. The lowest BCUT2D eigenvalue weighted by Crippen LogP contribution is -2.06. The molecule has 0 saturated heterocycles. The first-order valence-electron chi connectivity index (χ1n) is 5.39. The van der Waals surface area contributed by atoms with E-state index in [9.17, 15) is 0 Å². The number of hydrogen-bond acceptors (Lipinski definition) is 3. The van der Waals surface area contributed by atoms with Crippen LogP contribution in [0.5, 0.6) is 0 Å². The van der Waals surface area contributed by atoms with Crippen LogP contribution in [-0.2, 0) is 0 Å². The molecule has 0 heterocycles. The summed E-state index contributed by atoms with van der Waals surface area (Å²) in [5.74, 6) is 0. The number of nitrogens with one attached hydrogen (secondary N) is 1. The monoisotopic (exact) mass is 225 g/mol. The van der Waals surface area contributed by atoms with E-state index in [-0.39, 0.29) is 0 Å². The molecule has 3 heteroatoms. The first-order valence-corrected chi connectivity index (χ1v) is 5.39. The Labute approximate surface area is 101 Å². The molecule has 0 amide bonds. The van der Waals surface area contributed by atoms with Crippen LogP contribution < -0.4 is 11.5 Å². The standard InChI is InChI=1S/C14H15N3/c1-9-3-2-4-10(7-9)14(17)12-8-11(15)5-6-13(12)16/h2-8,17H,15-16H2,1H3. The van der Waals surface area contributed by atoms with Gasteiger partial charge in [0.15, 0.2) is 0 Å². The number of nitrogens with two attached hydrogens (primary N) is 2. The van der Waals surface area contributed by atoms with Gasteiger partial charge < -0.3 is 11.5 Å². The Hall–Kier alpha value is -2.29. The summed E-state index contributed by atoms with van der Waals surface area (Å²) in [6, 6.07) is 13.0. The van der Waals surface area contributed by atoms with Gasteiger partial charge in [-0.1, -0.05) is 23.8 Å². The number of rotatable bonds is 2. The van der Waals surface area contributed by atoms with Gasteiger partial charge in [0.2, 0.25) is 0 Å². The lowest BCUT2D eigenvalue weighted by molar-refractivity contribution is 1.41. The van der Waals surface area contributed by atoms with Crippen LogP contribution in [0, 0.1) is 12.3 Å². The molecule has 0 aliphatic heterocycles. The maximum atomic E-state index is 8.17. The second-order valence-corrected chi connectivity index (χ2v) is 4.09. The van der Waals surface area contributed by atoms with Gasteiger partial charge in [-0.15, -0.1) is 0 Å². The normalized spacial score (nSPS) is 10.2. The molecule has 0 unspecified atom stereocenters. The molecular formula is C14H15N3. The zero-order valence-electron chi connectivity index (χ0n) is 9.70. The van der Waals surface area contributed by atoms with Gasteiger partial charge in [-0.3, -0.25) is 5.41 Å². The van der Waals surface area contributed by atoms with Crippen molar-refractivity contribution in [1.29, 1.82) is 5.41 Å². The SMILES string of the molecule is Cc1cccc(C(=N)c2cc(N)ccc2N)c1. The fourth-order valence-corrected chi connectivity index (χ4v) is 1.75. The molecular weight excluding hydrogens is 210 g/mol. The molecule has 86 valence electrons. The molecule has 2 aromatic rings. The van der Waals surface area contributed by atoms with E-state index in [0.29, 0.717) is 22.6 Å². The number of benzene rings is 2. The third-order valence-electron chi connectivity index (χ3n) is 2.65. The van der Waals surface area contributed by atoms with E-state index in [1.54, 1.807) is 18.2 Å². The summed E-state index contributed by atoms with van der Waals surface area (Å²) < 4.78 is 0. The highest BCUT2D eigenvalue weighted by Crippen LogP contribution is 2.20. The molecule has 2 rings (SSSR count). The number of nitrogen functional groups attached to an aromatic ring is 2. The van der Waals surface area contributed by atoms with E-state index in [1.807, 2.05) is 31.2 Å². The Balaban J connectivity index is 2.47. The second-order valence-electron chi connectivity index (χ2n) is 4.09. The summed E-state index contributed by atoms with van der Waals surface area (Å²) in [5, 5.41) is 8.17. The summed E-state index contributed by atoms with van der Waals surface area (Å²) in [4.78, 5) is 0. The van der Waals surface area contributed by atoms with Crippen LogP contribution in [0.25, 0.3) is 0 Å². The topological polar surface area (TPSA) is 75.9 Å². The van der Waals surface area contributed by atoms with Gasteiger partial charge in [-0.2, -0.15) is 0 Å². The van der Waals surface area contributed by atoms with E-state index >= 15 is 0 Å². The average molecular weight is 225 g/mol. The van der Waals surface area contributed by atoms with Gasteiger partial charge in [0.25, 0.3) is 0 Å². The van der Waals surface area contributed by atoms with Crippen molar-refractivity contribution in [3.05, 3.63) is 59.2 Å². The van der Waals surface area contributed by atoms with Crippen LogP contribution in [0.2, 0.25) is 0 Å². The predicted molar refractivity (Wildman–Crippen MR) is 72.4 cm³/mol. The van der Waals surface area contributed by atoms with Crippen molar-refractivity contribution in [2.45, 2.75) is 6.92 Å². The zero-order valence-corrected chi connectivity index (χ0v) is 9.70. The summed E-state index contributed by atoms with van der Waals surface area (Å²) in [6.07, 6.45) is 0. The van der Waals surface area contributed by atoms with Gasteiger partial charge in [0.1, 0.15) is 0 Å². The third kappa shape index (κ3) is 2.28. The molecule has 0 aromatic heterocycles. The predicted octanol–water partition coefficient (Wildman–Crippen LogP) is 2.58. The van der Waals surface area contributed by atoms with Crippen molar-refractivity contribution in [3.8, 4) is 0 Å². The van der Waals surface area contributed by atoms with Crippen LogP contribution in [-0.4, -0.2) is 5.71 Å². The van der Waals surface area contributed by atoms with Crippen molar-refractivity contribution in [3.63, 3.8) is 0 Å². The second kappa shape index (κ2) is 4.29. The largest absolute Gasteiger partial charge is 0.399 e. The van der Waals surface area contributed by atoms with Crippen LogP contribution in [0.3, 0.4) is 0 Å². The minimum absolute atomic E-state index is 0.401. The van der Waals surface area contributed by atoms with E-state index in [0.717, 1.165) is 11.1 Å². The average Bonchev–Trinajstić information content (AvgIpc) is 2.31. The maximum absolute atomic E-state index is 8.17. The third-order valence-corrected chi connectivity index (χ3v) is 2.65. The lowest BCUT2D eigenvalue weighted by Gasteiger charge is -2.09. The highest BCUT2D eigenvalue weighted by atomic mass is 14.6. The van der Waals surface area contributed by atoms with E-state index in [2.05, 4.69) is 0 Å². The van der Waals surface area contributed by atoms with Crippen molar-refractivity contribution >= 4 is 17.1 Å². The Bertz CT molecular complexity index is 573.